The summed E-state index contributed by atoms with van der Waals surface area (Å²) in [6, 6.07) is 13.5. The maximum atomic E-state index is 12.3. The van der Waals surface area contributed by atoms with Gasteiger partial charge in [0.1, 0.15) is 11.5 Å². The number of hydrogen-bond donors (Lipinski definition) is 2. The Balaban J connectivity index is 1.68. The molecule has 3 aromatic rings. The minimum absolute atomic E-state index is 0.233. The molecular weight excluding hydrogens is 348 g/mol. The van der Waals surface area contributed by atoms with Crippen molar-refractivity contribution in [2.24, 2.45) is 0 Å². The highest BCUT2D eigenvalue weighted by atomic mass is 35.5. The first-order valence-electron chi connectivity index (χ1n) is 8.31. The van der Waals surface area contributed by atoms with Crippen molar-refractivity contribution in [3.05, 3.63) is 76.7 Å². The maximum Gasteiger partial charge on any atom is 0.275 e. The molecule has 2 N–H and O–H groups in total. The molecule has 3 rings (SSSR count). The summed E-state index contributed by atoms with van der Waals surface area (Å²) < 4.78 is 0. The smallest absolute Gasteiger partial charge is 0.275 e. The lowest BCUT2D eigenvalue weighted by Gasteiger charge is -2.09. The molecule has 0 radical (unpaired) electrons. The van der Waals surface area contributed by atoms with E-state index in [-0.39, 0.29) is 11.6 Å². The molecule has 0 saturated heterocycles. The third kappa shape index (κ3) is 4.18. The number of halogens is 1. The van der Waals surface area contributed by atoms with Crippen LogP contribution in [0.1, 0.15) is 28.5 Å². The van der Waals surface area contributed by atoms with Gasteiger partial charge in [0, 0.05) is 16.4 Å². The van der Waals surface area contributed by atoms with Gasteiger partial charge in [-0.2, -0.15) is 0 Å². The molecule has 0 aliphatic rings. The number of rotatable bonds is 5. The Hall–Kier alpha value is -2.92. The van der Waals surface area contributed by atoms with E-state index in [2.05, 4.69) is 39.7 Å². The van der Waals surface area contributed by atoms with E-state index in [0.29, 0.717) is 16.5 Å². The van der Waals surface area contributed by atoms with Gasteiger partial charge in [-0.15, -0.1) is 0 Å². The first-order valence-corrected chi connectivity index (χ1v) is 8.69. The maximum absolute atomic E-state index is 12.3. The van der Waals surface area contributed by atoms with Gasteiger partial charge in [0.25, 0.3) is 5.91 Å². The van der Waals surface area contributed by atoms with Crippen molar-refractivity contribution in [3.8, 4) is 0 Å². The average Bonchev–Trinajstić information content (AvgIpc) is 2.66. The van der Waals surface area contributed by atoms with Gasteiger partial charge in [-0.05, 0) is 48.7 Å². The summed E-state index contributed by atoms with van der Waals surface area (Å²) in [5, 5.41) is 6.57. The lowest BCUT2D eigenvalue weighted by Crippen LogP contribution is -2.15. The molecule has 0 unspecified atom stereocenters. The Morgan fingerprint density at radius 2 is 1.85 bits per heavy atom. The lowest BCUT2D eigenvalue weighted by atomic mass is 10.1. The van der Waals surface area contributed by atoms with Gasteiger partial charge in [0.15, 0.2) is 0 Å². The van der Waals surface area contributed by atoms with Gasteiger partial charge in [-0.1, -0.05) is 36.7 Å². The van der Waals surface area contributed by atoms with Crippen molar-refractivity contribution in [2.45, 2.75) is 20.3 Å². The SMILES string of the molecule is CCc1ccc(Nc2cnc(C(=O)Nc3cccc(Cl)c3C)cn2)cc1. The molecule has 0 saturated carbocycles. The van der Waals surface area contributed by atoms with Gasteiger partial charge >= 0.3 is 0 Å². The topological polar surface area (TPSA) is 66.9 Å². The van der Waals surface area contributed by atoms with Crippen LogP contribution >= 0.6 is 11.6 Å². The summed E-state index contributed by atoms with van der Waals surface area (Å²) in [5.41, 5.74) is 3.89. The molecule has 1 aromatic heterocycles. The van der Waals surface area contributed by atoms with Gasteiger partial charge in [0.2, 0.25) is 0 Å². The van der Waals surface area contributed by atoms with Crippen LogP contribution in [0.2, 0.25) is 5.02 Å². The number of aryl methyl sites for hydroxylation is 1. The summed E-state index contributed by atoms with van der Waals surface area (Å²) in [6.07, 6.45) is 3.97. The second kappa shape index (κ2) is 7.97. The van der Waals surface area contributed by atoms with Crippen molar-refractivity contribution in [2.75, 3.05) is 10.6 Å². The van der Waals surface area contributed by atoms with Gasteiger partial charge < -0.3 is 10.6 Å². The highest BCUT2D eigenvalue weighted by molar-refractivity contribution is 6.31. The predicted octanol–water partition coefficient (Wildman–Crippen LogP) is 5.00. The van der Waals surface area contributed by atoms with E-state index in [1.807, 2.05) is 19.1 Å². The molecule has 0 aliphatic carbocycles. The summed E-state index contributed by atoms with van der Waals surface area (Å²) in [4.78, 5) is 20.8. The number of carbonyl (C=O) groups is 1. The number of amides is 1. The Morgan fingerprint density at radius 3 is 2.50 bits per heavy atom. The molecule has 0 aliphatic heterocycles. The highest BCUT2D eigenvalue weighted by Gasteiger charge is 2.11. The van der Waals surface area contributed by atoms with E-state index in [0.717, 1.165) is 17.7 Å². The molecule has 5 nitrogen and oxygen atoms in total. The molecule has 0 bridgehead atoms. The molecule has 0 fully saturated rings. The Morgan fingerprint density at radius 1 is 1.08 bits per heavy atom. The van der Waals surface area contributed by atoms with E-state index in [1.54, 1.807) is 18.2 Å². The number of hydrogen-bond acceptors (Lipinski definition) is 4. The fraction of sp³-hybridized carbons (Fsp3) is 0.150. The van der Waals surface area contributed by atoms with Crippen molar-refractivity contribution < 1.29 is 4.79 Å². The van der Waals surface area contributed by atoms with Crippen LogP contribution < -0.4 is 10.6 Å². The molecule has 6 heteroatoms. The second-order valence-electron chi connectivity index (χ2n) is 5.83. The zero-order valence-electron chi connectivity index (χ0n) is 14.6. The molecular formula is C20H19ClN4O. The van der Waals surface area contributed by atoms with Crippen LogP contribution in [-0.2, 0) is 6.42 Å². The summed E-state index contributed by atoms with van der Waals surface area (Å²) in [5.74, 6) is 0.242. The number of nitrogens with zero attached hydrogens (tertiary/aromatic N) is 2. The first kappa shape index (κ1) is 17.9. The zero-order valence-corrected chi connectivity index (χ0v) is 15.3. The minimum atomic E-state index is -0.332. The van der Waals surface area contributed by atoms with Crippen molar-refractivity contribution in [3.63, 3.8) is 0 Å². The number of benzene rings is 2. The minimum Gasteiger partial charge on any atom is -0.339 e. The fourth-order valence-corrected chi connectivity index (χ4v) is 2.59. The van der Waals surface area contributed by atoms with Crippen LogP contribution in [-0.4, -0.2) is 15.9 Å². The average molecular weight is 367 g/mol. The monoisotopic (exact) mass is 366 g/mol. The molecule has 0 atom stereocenters. The molecule has 0 spiro atoms. The molecule has 1 heterocycles. The number of aromatic nitrogens is 2. The number of nitrogens with one attached hydrogen (secondary N) is 2. The Kier molecular flexibility index (Phi) is 5.49. The van der Waals surface area contributed by atoms with Crippen LogP contribution in [0.3, 0.4) is 0 Å². The standard InChI is InChI=1S/C20H19ClN4O/c1-3-14-7-9-15(10-8-14)24-19-12-22-18(11-23-19)20(26)25-17-6-4-5-16(21)13(17)2/h4-12H,3H2,1-2H3,(H,23,24)(H,25,26). The Labute approximate surface area is 157 Å². The molecule has 132 valence electrons. The molecule has 1 amide bonds. The highest BCUT2D eigenvalue weighted by Crippen LogP contribution is 2.23. The van der Waals surface area contributed by atoms with Crippen LogP contribution in [0.15, 0.2) is 54.9 Å². The van der Waals surface area contributed by atoms with Crippen molar-refractivity contribution in [1.29, 1.82) is 0 Å². The van der Waals surface area contributed by atoms with Crippen LogP contribution in [0.4, 0.5) is 17.2 Å². The number of anilines is 3. The first-order chi connectivity index (χ1) is 12.6. The summed E-state index contributed by atoms with van der Waals surface area (Å²) in [6.45, 7) is 3.96. The summed E-state index contributed by atoms with van der Waals surface area (Å²) in [7, 11) is 0. The van der Waals surface area contributed by atoms with Crippen LogP contribution in [0.25, 0.3) is 0 Å². The van der Waals surface area contributed by atoms with E-state index in [1.165, 1.54) is 18.0 Å². The zero-order chi connectivity index (χ0) is 18.5. The second-order valence-corrected chi connectivity index (χ2v) is 6.24. The van der Waals surface area contributed by atoms with Crippen molar-refractivity contribution in [1.82, 2.24) is 9.97 Å². The van der Waals surface area contributed by atoms with Gasteiger partial charge in [-0.3, -0.25) is 4.79 Å². The van der Waals surface area contributed by atoms with Crippen LogP contribution in [0, 0.1) is 6.92 Å². The third-order valence-corrected chi connectivity index (χ3v) is 4.44. The largest absolute Gasteiger partial charge is 0.339 e. The Bertz CT molecular complexity index is 908. The van der Waals surface area contributed by atoms with Gasteiger partial charge in [0.05, 0.1) is 12.4 Å². The van der Waals surface area contributed by atoms with E-state index in [9.17, 15) is 4.79 Å². The van der Waals surface area contributed by atoms with E-state index in [4.69, 9.17) is 11.6 Å². The van der Waals surface area contributed by atoms with Crippen LogP contribution in [0.5, 0.6) is 0 Å². The number of carbonyl (C=O) groups excluding carboxylic acids is 1. The lowest BCUT2D eigenvalue weighted by molar-refractivity contribution is 0.102. The third-order valence-electron chi connectivity index (χ3n) is 4.03. The fourth-order valence-electron chi connectivity index (χ4n) is 2.41. The van der Waals surface area contributed by atoms with Gasteiger partial charge in [-0.25, -0.2) is 9.97 Å². The van der Waals surface area contributed by atoms with E-state index < -0.39 is 0 Å². The van der Waals surface area contributed by atoms with Crippen molar-refractivity contribution >= 4 is 34.7 Å². The molecule has 2 aromatic carbocycles. The quantitative estimate of drug-likeness (QED) is 0.667. The van der Waals surface area contributed by atoms with E-state index >= 15 is 0 Å². The molecule has 26 heavy (non-hydrogen) atoms. The normalized spacial score (nSPS) is 10.4. The predicted molar refractivity (Wildman–Crippen MR) is 105 cm³/mol. The summed E-state index contributed by atoms with van der Waals surface area (Å²) >= 11 is 6.07.